The average molecular weight is 325 g/mol. The number of carboxylic acids is 1. The van der Waals surface area contributed by atoms with Gasteiger partial charge in [0.25, 0.3) is 0 Å². The Hall–Kier alpha value is -2.33. The summed E-state index contributed by atoms with van der Waals surface area (Å²) in [6.45, 7) is 3.25. The molecule has 1 unspecified atom stereocenters. The summed E-state index contributed by atoms with van der Waals surface area (Å²) in [4.78, 5) is 11.1. The topological polar surface area (TPSA) is 127 Å². The van der Waals surface area contributed by atoms with Crippen molar-refractivity contribution in [2.45, 2.75) is 24.8 Å². The zero-order valence-corrected chi connectivity index (χ0v) is 12.7. The lowest BCUT2D eigenvalue weighted by Crippen LogP contribution is -2.44. The van der Waals surface area contributed by atoms with Crippen LogP contribution in [-0.4, -0.2) is 45.7 Å². The van der Waals surface area contributed by atoms with Gasteiger partial charge in [0.2, 0.25) is 10.0 Å². The van der Waals surface area contributed by atoms with Crippen molar-refractivity contribution in [2.75, 3.05) is 0 Å². The summed E-state index contributed by atoms with van der Waals surface area (Å²) in [5, 5.41) is 19.7. The van der Waals surface area contributed by atoms with Gasteiger partial charge in [0, 0.05) is 0 Å². The number of aliphatic carboxylic acids is 1. The highest BCUT2D eigenvalue weighted by atomic mass is 32.2. The molecule has 0 fully saturated rings. The first-order chi connectivity index (χ1) is 10.3. The lowest BCUT2D eigenvalue weighted by Gasteiger charge is -2.18. The van der Waals surface area contributed by atoms with Gasteiger partial charge in [-0.3, -0.25) is 4.79 Å². The van der Waals surface area contributed by atoms with Crippen LogP contribution < -0.4 is 4.72 Å². The van der Waals surface area contributed by atoms with Crippen LogP contribution in [0.1, 0.15) is 13.8 Å². The van der Waals surface area contributed by atoms with E-state index in [1.54, 1.807) is 13.8 Å². The molecule has 9 nitrogen and oxygen atoms in total. The van der Waals surface area contributed by atoms with Crippen molar-refractivity contribution in [1.82, 2.24) is 24.9 Å². The maximum atomic E-state index is 12.2. The molecule has 0 aliphatic carbocycles. The number of tetrazole rings is 1. The molecule has 0 radical (unpaired) electrons. The number of carboxylic acid groups (broad SMARTS) is 1. The Labute approximate surface area is 127 Å². The second kappa shape index (κ2) is 6.20. The highest BCUT2D eigenvalue weighted by Crippen LogP contribution is 2.14. The van der Waals surface area contributed by atoms with Crippen molar-refractivity contribution in [3.63, 3.8) is 0 Å². The molecular formula is C12H15N5O4S. The number of sulfonamides is 1. The molecule has 1 aromatic heterocycles. The number of nitrogens with one attached hydrogen (secondary N) is 1. The van der Waals surface area contributed by atoms with E-state index in [4.69, 9.17) is 5.11 Å². The minimum atomic E-state index is -3.93. The lowest BCUT2D eigenvalue weighted by atomic mass is 10.1. The predicted octanol–water partition coefficient (Wildman–Crippen LogP) is 0.0498. The molecule has 2 N–H and O–H groups in total. The van der Waals surface area contributed by atoms with Gasteiger partial charge >= 0.3 is 5.97 Å². The third-order valence-corrected chi connectivity index (χ3v) is 4.43. The number of hydrogen-bond acceptors (Lipinski definition) is 6. The smallest absolute Gasteiger partial charge is 0.322 e. The number of benzene rings is 1. The first-order valence-electron chi connectivity index (χ1n) is 6.40. The van der Waals surface area contributed by atoms with Crippen LogP contribution in [-0.2, 0) is 14.8 Å². The molecule has 1 aromatic carbocycles. The van der Waals surface area contributed by atoms with Gasteiger partial charge in [0.1, 0.15) is 12.4 Å². The maximum Gasteiger partial charge on any atom is 0.322 e. The molecule has 1 heterocycles. The van der Waals surface area contributed by atoms with Crippen molar-refractivity contribution >= 4 is 16.0 Å². The molecule has 0 aliphatic heterocycles. The van der Waals surface area contributed by atoms with Gasteiger partial charge in [-0.05, 0) is 40.6 Å². The SMILES string of the molecule is CC(C)C(NS(=O)(=O)c1ccc(-n2cnnn2)cc1)C(=O)O. The van der Waals surface area contributed by atoms with Crippen LogP contribution in [0.5, 0.6) is 0 Å². The summed E-state index contributed by atoms with van der Waals surface area (Å²) in [6.07, 6.45) is 1.38. The number of nitrogens with zero attached hydrogens (tertiary/aromatic N) is 4. The molecule has 0 saturated heterocycles. The molecule has 1 atom stereocenters. The van der Waals surface area contributed by atoms with Crippen molar-refractivity contribution < 1.29 is 18.3 Å². The molecule has 0 saturated carbocycles. The third-order valence-electron chi connectivity index (χ3n) is 2.98. The van der Waals surface area contributed by atoms with E-state index < -0.39 is 22.0 Å². The molecule has 2 rings (SSSR count). The van der Waals surface area contributed by atoms with Gasteiger partial charge in [0.05, 0.1) is 10.6 Å². The largest absolute Gasteiger partial charge is 0.480 e. The van der Waals surface area contributed by atoms with Crippen LogP contribution in [0.25, 0.3) is 5.69 Å². The Morgan fingerprint density at radius 3 is 2.36 bits per heavy atom. The monoisotopic (exact) mass is 325 g/mol. The van der Waals surface area contributed by atoms with Crippen LogP contribution in [0.2, 0.25) is 0 Å². The predicted molar refractivity (Wildman–Crippen MR) is 75.7 cm³/mol. The van der Waals surface area contributed by atoms with E-state index in [0.717, 1.165) is 0 Å². The fraction of sp³-hybridized carbons (Fsp3) is 0.333. The summed E-state index contributed by atoms with van der Waals surface area (Å²) >= 11 is 0. The van der Waals surface area contributed by atoms with E-state index >= 15 is 0 Å². The van der Waals surface area contributed by atoms with Crippen LogP contribution in [0.3, 0.4) is 0 Å². The average Bonchev–Trinajstić information content (AvgIpc) is 2.98. The summed E-state index contributed by atoms with van der Waals surface area (Å²) in [5.41, 5.74) is 0.586. The Balaban J connectivity index is 2.24. The van der Waals surface area contributed by atoms with E-state index in [1.165, 1.54) is 35.3 Å². The van der Waals surface area contributed by atoms with Crippen molar-refractivity contribution in [2.24, 2.45) is 5.92 Å². The molecule has 0 bridgehead atoms. The Bertz CT molecular complexity index is 740. The molecule has 0 amide bonds. The number of hydrogen-bond donors (Lipinski definition) is 2. The zero-order chi connectivity index (χ0) is 16.3. The van der Waals surface area contributed by atoms with Gasteiger partial charge < -0.3 is 5.11 Å². The Morgan fingerprint density at radius 2 is 1.91 bits per heavy atom. The van der Waals surface area contributed by atoms with Crippen LogP contribution in [0, 0.1) is 5.92 Å². The maximum absolute atomic E-state index is 12.2. The molecule has 118 valence electrons. The van der Waals surface area contributed by atoms with E-state index in [0.29, 0.717) is 5.69 Å². The van der Waals surface area contributed by atoms with E-state index in [-0.39, 0.29) is 10.8 Å². The third kappa shape index (κ3) is 3.46. The summed E-state index contributed by atoms with van der Waals surface area (Å²) in [7, 11) is -3.93. The minimum absolute atomic E-state index is 0.0313. The van der Waals surface area contributed by atoms with E-state index in [9.17, 15) is 13.2 Å². The van der Waals surface area contributed by atoms with Crippen molar-refractivity contribution in [3.05, 3.63) is 30.6 Å². The van der Waals surface area contributed by atoms with Gasteiger partial charge in [0.15, 0.2) is 0 Å². The first kappa shape index (κ1) is 16.0. The van der Waals surface area contributed by atoms with E-state index in [2.05, 4.69) is 20.2 Å². The Morgan fingerprint density at radius 1 is 1.27 bits per heavy atom. The fourth-order valence-corrected chi connectivity index (χ4v) is 3.10. The quantitative estimate of drug-likeness (QED) is 0.768. The second-order valence-electron chi connectivity index (χ2n) is 4.93. The summed E-state index contributed by atoms with van der Waals surface area (Å²) in [6, 6.07) is 4.58. The normalized spacial score (nSPS) is 13.2. The molecular weight excluding hydrogens is 310 g/mol. The molecule has 0 aliphatic rings. The Kier molecular flexibility index (Phi) is 4.52. The lowest BCUT2D eigenvalue weighted by molar-refractivity contribution is -0.140. The highest BCUT2D eigenvalue weighted by Gasteiger charge is 2.27. The van der Waals surface area contributed by atoms with Gasteiger partial charge in [-0.25, -0.2) is 13.1 Å². The van der Waals surface area contributed by atoms with Crippen LogP contribution in [0.4, 0.5) is 0 Å². The fourth-order valence-electron chi connectivity index (χ4n) is 1.76. The highest BCUT2D eigenvalue weighted by molar-refractivity contribution is 7.89. The van der Waals surface area contributed by atoms with E-state index in [1.807, 2.05) is 0 Å². The van der Waals surface area contributed by atoms with Crippen LogP contribution in [0.15, 0.2) is 35.5 Å². The first-order valence-corrected chi connectivity index (χ1v) is 7.88. The number of rotatable bonds is 6. The minimum Gasteiger partial charge on any atom is -0.480 e. The van der Waals surface area contributed by atoms with Crippen LogP contribution >= 0.6 is 0 Å². The second-order valence-corrected chi connectivity index (χ2v) is 6.64. The van der Waals surface area contributed by atoms with Crippen molar-refractivity contribution in [1.29, 1.82) is 0 Å². The zero-order valence-electron chi connectivity index (χ0n) is 11.9. The number of aromatic nitrogens is 4. The van der Waals surface area contributed by atoms with Gasteiger partial charge in [-0.2, -0.15) is 4.72 Å². The molecule has 22 heavy (non-hydrogen) atoms. The van der Waals surface area contributed by atoms with Crippen molar-refractivity contribution in [3.8, 4) is 5.69 Å². The standard InChI is InChI=1S/C12H15N5O4S/c1-8(2)11(12(18)19)14-22(20,21)10-5-3-9(4-6-10)17-7-13-15-16-17/h3-8,11,14H,1-2H3,(H,18,19). The van der Waals surface area contributed by atoms with Gasteiger partial charge in [-0.1, -0.05) is 13.8 Å². The molecule has 0 spiro atoms. The summed E-state index contributed by atoms with van der Waals surface area (Å²) < 4.78 is 28.0. The van der Waals surface area contributed by atoms with Gasteiger partial charge in [-0.15, -0.1) is 5.10 Å². The number of carbonyl (C=O) groups is 1. The molecule has 10 heteroatoms. The molecule has 2 aromatic rings. The summed E-state index contributed by atoms with van der Waals surface area (Å²) in [5.74, 6) is -1.60.